The van der Waals surface area contributed by atoms with Gasteiger partial charge in [0.15, 0.2) is 5.69 Å². The lowest BCUT2D eigenvalue weighted by atomic mass is 10.1. The minimum atomic E-state index is -1.10. The summed E-state index contributed by atoms with van der Waals surface area (Å²) in [4.78, 5) is 14.2. The number of ether oxygens (including phenoxy) is 1. The molecule has 0 unspecified atom stereocenters. The van der Waals surface area contributed by atoms with Crippen LogP contribution in [0.2, 0.25) is 0 Å². The van der Waals surface area contributed by atoms with E-state index in [0.29, 0.717) is 12.5 Å². The normalized spacial score (nSPS) is 16.8. The highest BCUT2D eigenvalue weighted by Gasteiger charge is 2.17. The molecule has 1 saturated carbocycles. The summed E-state index contributed by atoms with van der Waals surface area (Å²) in [6, 6.07) is 0. The molecule has 0 amide bonds. The van der Waals surface area contributed by atoms with Gasteiger partial charge >= 0.3 is 12.0 Å². The van der Waals surface area contributed by atoms with Crippen LogP contribution in [0.15, 0.2) is 10.7 Å². The summed E-state index contributed by atoms with van der Waals surface area (Å²) in [7, 11) is 0. The predicted molar refractivity (Wildman–Crippen MR) is 50.9 cm³/mol. The van der Waals surface area contributed by atoms with Gasteiger partial charge in [-0.2, -0.15) is 4.98 Å². The summed E-state index contributed by atoms with van der Waals surface area (Å²) in [5.41, 5.74) is -0.114. The van der Waals surface area contributed by atoms with Crippen LogP contribution in [-0.4, -0.2) is 22.7 Å². The second-order valence-electron chi connectivity index (χ2n) is 3.77. The molecule has 1 heterocycles. The Morgan fingerprint density at radius 1 is 1.60 bits per heavy atom. The molecule has 1 fully saturated rings. The van der Waals surface area contributed by atoms with Crippen molar-refractivity contribution in [1.29, 1.82) is 0 Å². The fourth-order valence-corrected chi connectivity index (χ4v) is 1.79. The maximum absolute atomic E-state index is 10.5. The van der Waals surface area contributed by atoms with Gasteiger partial charge in [-0.05, 0) is 18.8 Å². The van der Waals surface area contributed by atoms with Crippen molar-refractivity contribution in [1.82, 2.24) is 4.98 Å². The zero-order chi connectivity index (χ0) is 10.7. The third-order valence-electron chi connectivity index (χ3n) is 2.62. The van der Waals surface area contributed by atoms with Crippen molar-refractivity contribution in [3.63, 3.8) is 0 Å². The van der Waals surface area contributed by atoms with E-state index in [1.807, 2.05) is 0 Å². The summed E-state index contributed by atoms with van der Waals surface area (Å²) in [5, 5.41) is 8.60. The van der Waals surface area contributed by atoms with Gasteiger partial charge in [-0.3, -0.25) is 0 Å². The van der Waals surface area contributed by atoms with E-state index in [-0.39, 0.29) is 11.8 Å². The molecule has 1 aromatic heterocycles. The number of carbonyl (C=O) groups is 1. The van der Waals surface area contributed by atoms with Crippen molar-refractivity contribution in [2.45, 2.75) is 25.7 Å². The molecule has 0 bridgehead atoms. The van der Waals surface area contributed by atoms with Gasteiger partial charge in [0.05, 0.1) is 6.61 Å². The van der Waals surface area contributed by atoms with Crippen LogP contribution in [0.3, 0.4) is 0 Å². The molecule has 0 radical (unpaired) electrons. The largest absolute Gasteiger partial charge is 0.476 e. The van der Waals surface area contributed by atoms with Gasteiger partial charge in [0, 0.05) is 0 Å². The summed E-state index contributed by atoms with van der Waals surface area (Å²) in [6.07, 6.45) is 5.99. The molecule has 0 spiro atoms. The molecular weight excluding hydrogens is 198 g/mol. The van der Waals surface area contributed by atoms with Crippen LogP contribution >= 0.6 is 0 Å². The average molecular weight is 211 g/mol. The fourth-order valence-electron chi connectivity index (χ4n) is 1.79. The average Bonchev–Trinajstić information content (AvgIpc) is 2.86. The van der Waals surface area contributed by atoms with Gasteiger partial charge in [-0.1, -0.05) is 12.8 Å². The number of aromatic carboxylic acids is 1. The molecule has 5 heteroatoms. The van der Waals surface area contributed by atoms with E-state index in [0.717, 1.165) is 6.26 Å². The Hall–Kier alpha value is -1.52. The zero-order valence-electron chi connectivity index (χ0n) is 8.31. The lowest BCUT2D eigenvalue weighted by molar-refractivity contribution is 0.0690. The molecule has 1 N–H and O–H groups in total. The number of oxazole rings is 1. The summed E-state index contributed by atoms with van der Waals surface area (Å²) in [6.45, 7) is 0.569. The van der Waals surface area contributed by atoms with Crippen LogP contribution in [0, 0.1) is 5.92 Å². The van der Waals surface area contributed by atoms with E-state index in [1.54, 1.807) is 0 Å². The van der Waals surface area contributed by atoms with E-state index in [9.17, 15) is 4.79 Å². The Bertz CT molecular complexity index is 341. The van der Waals surface area contributed by atoms with Crippen LogP contribution in [0.4, 0.5) is 0 Å². The van der Waals surface area contributed by atoms with E-state index in [2.05, 4.69) is 4.98 Å². The summed E-state index contributed by atoms with van der Waals surface area (Å²) < 4.78 is 10.2. The molecule has 1 aromatic rings. The lowest BCUT2D eigenvalue weighted by Gasteiger charge is -2.06. The topological polar surface area (TPSA) is 72.6 Å². The van der Waals surface area contributed by atoms with Gasteiger partial charge in [-0.25, -0.2) is 4.79 Å². The molecular formula is C10H13NO4. The Kier molecular flexibility index (Phi) is 2.89. The van der Waals surface area contributed by atoms with Crippen LogP contribution in [0.25, 0.3) is 0 Å². The molecule has 15 heavy (non-hydrogen) atoms. The fraction of sp³-hybridized carbons (Fsp3) is 0.600. The minimum absolute atomic E-state index is 0.0549. The summed E-state index contributed by atoms with van der Waals surface area (Å²) >= 11 is 0. The second kappa shape index (κ2) is 4.33. The van der Waals surface area contributed by atoms with Gasteiger partial charge < -0.3 is 14.3 Å². The van der Waals surface area contributed by atoms with E-state index in [4.69, 9.17) is 14.3 Å². The van der Waals surface area contributed by atoms with Gasteiger partial charge in [-0.15, -0.1) is 0 Å². The molecule has 82 valence electrons. The highest BCUT2D eigenvalue weighted by molar-refractivity contribution is 5.84. The second-order valence-corrected chi connectivity index (χ2v) is 3.77. The molecule has 5 nitrogen and oxygen atoms in total. The molecule has 0 atom stereocenters. The van der Waals surface area contributed by atoms with Crippen LogP contribution < -0.4 is 4.74 Å². The highest BCUT2D eigenvalue weighted by atomic mass is 16.6. The first kappa shape index (κ1) is 10.0. The van der Waals surface area contributed by atoms with Crippen LogP contribution in [0.5, 0.6) is 6.08 Å². The smallest absolute Gasteiger partial charge is 0.394 e. The highest BCUT2D eigenvalue weighted by Crippen LogP contribution is 2.25. The summed E-state index contributed by atoms with van der Waals surface area (Å²) in [5.74, 6) is -0.542. The number of hydrogen-bond donors (Lipinski definition) is 1. The van der Waals surface area contributed by atoms with Crippen LogP contribution in [0.1, 0.15) is 36.2 Å². The minimum Gasteiger partial charge on any atom is -0.476 e. The Balaban J connectivity index is 1.84. The third-order valence-corrected chi connectivity index (χ3v) is 2.62. The number of carboxylic acid groups (broad SMARTS) is 1. The Morgan fingerprint density at radius 2 is 2.33 bits per heavy atom. The lowest BCUT2D eigenvalue weighted by Crippen LogP contribution is -2.08. The number of aromatic nitrogens is 1. The van der Waals surface area contributed by atoms with Crippen molar-refractivity contribution in [2.24, 2.45) is 5.92 Å². The Morgan fingerprint density at radius 3 is 2.93 bits per heavy atom. The Labute approximate surface area is 87.1 Å². The van der Waals surface area contributed by atoms with Gasteiger partial charge in [0.2, 0.25) is 0 Å². The van der Waals surface area contributed by atoms with Gasteiger partial charge in [0.25, 0.3) is 0 Å². The van der Waals surface area contributed by atoms with E-state index in [1.165, 1.54) is 25.7 Å². The SMILES string of the molecule is O=C(O)c1coc(OCC2CCCC2)n1. The predicted octanol–water partition coefficient (Wildman–Crippen LogP) is 1.94. The van der Waals surface area contributed by atoms with Crippen LogP contribution in [-0.2, 0) is 0 Å². The molecule has 2 rings (SSSR count). The third kappa shape index (κ3) is 2.49. The first-order chi connectivity index (χ1) is 7.25. The number of carboxylic acids is 1. The standard InChI is InChI=1S/C10H13NO4/c12-9(13)8-6-15-10(11-8)14-5-7-3-1-2-4-7/h6-7H,1-5H2,(H,12,13). The molecule has 0 aromatic carbocycles. The monoisotopic (exact) mass is 211 g/mol. The number of rotatable bonds is 4. The van der Waals surface area contributed by atoms with E-state index < -0.39 is 5.97 Å². The van der Waals surface area contributed by atoms with Crippen molar-refractivity contribution >= 4 is 5.97 Å². The maximum atomic E-state index is 10.5. The molecule has 0 saturated heterocycles. The molecule has 0 aliphatic heterocycles. The first-order valence-corrected chi connectivity index (χ1v) is 5.07. The number of hydrogen-bond acceptors (Lipinski definition) is 4. The zero-order valence-corrected chi connectivity index (χ0v) is 8.31. The van der Waals surface area contributed by atoms with Crippen molar-refractivity contribution in [2.75, 3.05) is 6.61 Å². The van der Waals surface area contributed by atoms with Crippen molar-refractivity contribution in [3.8, 4) is 6.08 Å². The van der Waals surface area contributed by atoms with Crippen molar-refractivity contribution < 1.29 is 19.1 Å². The molecule has 1 aliphatic carbocycles. The number of nitrogens with zero attached hydrogens (tertiary/aromatic N) is 1. The van der Waals surface area contributed by atoms with E-state index >= 15 is 0 Å². The van der Waals surface area contributed by atoms with Gasteiger partial charge in [0.1, 0.15) is 6.26 Å². The quantitative estimate of drug-likeness (QED) is 0.823. The molecule has 1 aliphatic rings. The van der Waals surface area contributed by atoms with Crippen molar-refractivity contribution in [3.05, 3.63) is 12.0 Å². The maximum Gasteiger partial charge on any atom is 0.394 e. The first-order valence-electron chi connectivity index (χ1n) is 5.07.